The molecule has 2 rings (SSSR count). The van der Waals surface area contributed by atoms with Crippen molar-refractivity contribution in [3.05, 3.63) is 28.3 Å². The lowest BCUT2D eigenvalue weighted by molar-refractivity contribution is -0.182. The maximum absolute atomic E-state index is 13.5. The molecule has 148 valence electrons. The number of nitrogens with zero attached hydrogens (tertiary/aromatic N) is 1. The van der Waals surface area contributed by atoms with Crippen LogP contribution in [0.5, 0.6) is 0 Å². The van der Waals surface area contributed by atoms with E-state index in [2.05, 4.69) is 10.0 Å². The largest absolute Gasteiger partial charge is 0.405 e. The third-order valence-electron chi connectivity index (χ3n) is 5.00. The van der Waals surface area contributed by atoms with Gasteiger partial charge in [0.25, 0.3) is 0 Å². The van der Waals surface area contributed by atoms with Crippen LogP contribution in [0, 0.1) is 27.7 Å². The fraction of sp³-hybridized carbons (Fsp3) is 0.647. The molecule has 1 aromatic rings. The molecule has 5 nitrogen and oxygen atoms in total. The first-order valence-electron chi connectivity index (χ1n) is 8.53. The molecule has 1 fully saturated rings. The van der Waals surface area contributed by atoms with Crippen LogP contribution < -0.4 is 10.0 Å². The molecule has 26 heavy (non-hydrogen) atoms. The minimum absolute atomic E-state index is 0.0798. The van der Waals surface area contributed by atoms with Crippen molar-refractivity contribution in [2.24, 2.45) is 0 Å². The smallest absolute Gasteiger partial charge is 0.314 e. The Morgan fingerprint density at radius 3 is 2.08 bits per heavy atom. The standard InChI is InChI=1S/C17H26F3N3O2S/c1-11-9-12(2)14(4)16(13(11)3)26(24,25)22-10-15(17(18,19)20)23-7-5-21-6-8-23/h9,15,21-22H,5-8,10H2,1-4H3. The number of piperazine rings is 1. The molecule has 0 radical (unpaired) electrons. The first-order valence-corrected chi connectivity index (χ1v) is 10.0. The number of hydrogen-bond acceptors (Lipinski definition) is 4. The van der Waals surface area contributed by atoms with E-state index in [0.29, 0.717) is 24.2 Å². The summed E-state index contributed by atoms with van der Waals surface area (Å²) in [5, 5.41) is 3.00. The van der Waals surface area contributed by atoms with Crippen LogP contribution in [0.1, 0.15) is 22.3 Å². The minimum Gasteiger partial charge on any atom is -0.314 e. The lowest BCUT2D eigenvalue weighted by Gasteiger charge is -2.36. The summed E-state index contributed by atoms with van der Waals surface area (Å²) in [6, 6.07) is 0.0361. The van der Waals surface area contributed by atoms with Crippen molar-refractivity contribution < 1.29 is 21.6 Å². The van der Waals surface area contributed by atoms with E-state index in [-0.39, 0.29) is 18.0 Å². The Hall–Kier alpha value is -1.16. The van der Waals surface area contributed by atoms with Gasteiger partial charge in [-0.3, -0.25) is 4.90 Å². The van der Waals surface area contributed by atoms with E-state index in [0.717, 1.165) is 11.1 Å². The number of rotatable bonds is 5. The first kappa shape index (κ1) is 21.1. The van der Waals surface area contributed by atoms with Gasteiger partial charge in [-0.2, -0.15) is 13.2 Å². The summed E-state index contributed by atoms with van der Waals surface area (Å²) >= 11 is 0. The van der Waals surface area contributed by atoms with Crippen LogP contribution in [-0.4, -0.2) is 58.3 Å². The molecular formula is C17H26F3N3O2S. The molecule has 2 N–H and O–H groups in total. The second kappa shape index (κ2) is 7.84. The zero-order valence-electron chi connectivity index (χ0n) is 15.5. The summed E-state index contributed by atoms with van der Waals surface area (Å²) in [7, 11) is -4.05. The molecule has 0 amide bonds. The third kappa shape index (κ3) is 4.57. The van der Waals surface area contributed by atoms with Gasteiger partial charge in [-0.05, 0) is 49.9 Å². The molecule has 1 aliphatic heterocycles. The number of benzene rings is 1. The number of nitrogens with one attached hydrogen (secondary N) is 2. The van der Waals surface area contributed by atoms with Crippen molar-refractivity contribution in [3.8, 4) is 0 Å². The molecule has 1 heterocycles. The lowest BCUT2D eigenvalue weighted by Crippen LogP contribution is -2.57. The Morgan fingerprint density at radius 1 is 1.12 bits per heavy atom. The van der Waals surface area contributed by atoms with Crippen LogP contribution in [0.15, 0.2) is 11.0 Å². The van der Waals surface area contributed by atoms with Gasteiger partial charge in [0.2, 0.25) is 10.0 Å². The fourth-order valence-corrected chi connectivity index (χ4v) is 4.94. The average Bonchev–Trinajstić information content (AvgIpc) is 2.53. The number of aryl methyl sites for hydroxylation is 2. The van der Waals surface area contributed by atoms with Gasteiger partial charge in [-0.25, -0.2) is 13.1 Å². The summed E-state index contributed by atoms with van der Waals surface area (Å²) in [5.74, 6) is 0. The minimum atomic E-state index is -4.51. The molecule has 1 saturated heterocycles. The van der Waals surface area contributed by atoms with Gasteiger partial charge in [0.15, 0.2) is 0 Å². The molecule has 0 spiro atoms. The number of hydrogen-bond donors (Lipinski definition) is 2. The first-order chi connectivity index (χ1) is 11.9. The van der Waals surface area contributed by atoms with Crippen LogP contribution in [-0.2, 0) is 10.0 Å². The highest BCUT2D eigenvalue weighted by atomic mass is 32.2. The Morgan fingerprint density at radius 2 is 1.62 bits per heavy atom. The molecule has 1 aliphatic rings. The van der Waals surface area contributed by atoms with Gasteiger partial charge in [0.05, 0.1) is 4.90 Å². The normalized spacial score (nSPS) is 18.1. The molecule has 0 aromatic heterocycles. The summed E-state index contributed by atoms with van der Waals surface area (Å²) in [4.78, 5) is 1.36. The van der Waals surface area contributed by atoms with Crippen LogP contribution in [0.25, 0.3) is 0 Å². The maximum Gasteiger partial charge on any atom is 0.405 e. The van der Waals surface area contributed by atoms with E-state index < -0.39 is 28.8 Å². The van der Waals surface area contributed by atoms with Crippen molar-refractivity contribution >= 4 is 10.0 Å². The van der Waals surface area contributed by atoms with E-state index >= 15 is 0 Å². The number of alkyl halides is 3. The fourth-order valence-electron chi connectivity index (χ4n) is 3.29. The van der Waals surface area contributed by atoms with Crippen molar-refractivity contribution in [1.82, 2.24) is 14.9 Å². The van der Waals surface area contributed by atoms with Crippen LogP contribution in [0.3, 0.4) is 0 Å². The SMILES string of the molecule is Cc1cc(C)c(C)c(S(=O)(=O)NCC(N2CCNCC2)C(F)(F)F)c1C. The van der Waals surface area contributed by atoms with Gasteiger partial charge in [0.1, 0.15) is 6.04 Å². The lowest BCUT2D eigenvalue weighted by atomic mass is 10.0. The summed E-state index contributed by atoms with van der Waals surface area (Å²) in [6.07, 6.45) is -4.51. The van der Waals surface area contributed by atoms with Crippen LogP contribution in [0.4, 0.5) is 13.2 Å². The molecule has 0 aliphatic carbocycles. The van der Waals surface area contributed by atoms with E-state index in [1.54, 1.807) is 27.7 Å². The van der Waals surface area contributed by atoms with E-state index in [1.807, 2.05) is 6.07 Å². The monoisotopic (exact) mass is 393 g/mol. The zero-order chi connectivity index (χ0) is 19.7. The molecule has 1 atom stereocenters. The van der Waals surface area contributed by atoms with Crippen LogP contribution >= 0.6 is 0 Å². The number of halogens is 3. The Kier molecular flexibility index (Phi) is 6.37. The highest BCUT2D eigenvalue weighted by Crippen LogP contribution is 2.28. The molecular weight excluding hydrogens is 367 g/mol. The third-order valence-corrected chi connectivity index (χ3v) is 6.70. The Bertz CT molecular complexity index is 731. The van der Waals surface area contributed by atoms with Crippen LogP contribution in [0.2, 0.25) is 0 Å². The van der Waals surface area contributed by atoms with Gasteiger partial charge in [0, 0.05) is 32.7 Å². The topological polar surface area (TPSA) is 61.4 Å². The van der Waals surface area contributed by atoms with Gasteiger partial charge in [-0.1, -0.05) is 6.07 Å². The molecule has 1 unspecified atom stereocenters. The van der Waals surface area contributed by atoms with Gasteiger partial charge >= 0.3 is 6.18 Å². The highest BCUT2D eigenvalue weighted by Gasteiger charge is 2.44. The quantitative estimate of drug-likeness (QED) is 0.804. The van der Waals surface area contributed by atoms with E-state index in [9.17, 15) is 21.6 Å². The van der Waals surface area contributed by atoms with Gasteiger partial charge in [-0.15, -0.1) is 0 Å². The Balaban J connectivity index is 2.28. The van der Waals surface area contributed by atoms with E-state index in [4.69, 9.17) is 0 Å². The predicted molar refractivity (Wildman–Crippen MR) is 94.9 cm³/mol. The molecule has 1 aromatic carbocycles. The highest BCUT2D eigenvalue weighted by molar-refractivity contribution is 7.89. The summed E-state index contributed by atoms with van der Waals surface area (Å²) in [6.45, 7) is 7.60. The van der Waals surface area contributed by atoms with Crippen molar-refractivity contribution in [2.45, 2.75) is 44.8 Å². The molecule has 0 bridgehead atoms. The molecule has 0 saturated carbocycles. The second-order valence-corrected chi connectivity index (χ2v) is 8.49. The van der Waals surface area contributed by atoms with Gasteiger partial charge < -0.3 is 5.32 Å². The second-order valence-electron chi connectivity index (χ2n) is 6.78. The van der Waals surface area contributed by atoms with Crippen molar-refractivity contribution in [2.75, 3.05) is 32.7 Å². The van der Waals surface area contributed by atoms with Crippen molar-refractivity contribution in [1.29, 1.82) is 0 Å². The Labute approximate surface area is 153 Å². The summed E-state index contributed by atoms with van der Waals surface area (Å²) < 4.78 is 68.2. The number of sulfonamides is 1. The van der Waals surface area contributed by atoms with E-state index in [1.165, 1.54) is 4.90 Å². The summed E-state index contributed by atoms with van der Waals surface area (Å²) in [5.41, 5.74) is 2.71. The molecule has 9 heteroatoms. The maximum atomic E-state index is 13.5. The predicted octanol–water partition coefficient (Wildman–Crippen LogP) is 2.03. The zero-order valence-corrected chi connectivity index (χ0v) is 16.3. The average molecular weight is 393 g/mol. The van der Waals surface area contributed by atoms with Crippen molar-refractivity contribution in [3.63, 3.8) is 0 Å².